The number of anilines is 1. The molecule has 31 heavy (non-hydrogen) atoms. The second-order valence-electron chi connectivity index (χ2n) is 7.21. The van der Waals surface area contributed by atoms with E-state index in [0.717, 1.165) is 25.1 Å². The largest absolute Gasteiger partial charge is 0.483 e. The van der Waals surface area contributed by atoms with E-state index in [4.69, 9.17) is 20.4 Å². The second-order valence-corrected chi connectivity index (χ2v) is 7.21. The monoisotopic (exact) mass is 455 g/mol. The van der Waals surface area contributed by atoms with Crippen molar-refractivity contribution in [1.29, 1.82) is 0 Å². The van der Waals surface area contributed by atoms with E-state index in [1.165, 1.54) is 0 Å². The smallest absolute Gasteiger partial charge is 0.403 e. The summed E-state index contributed by atoms with van der Waals surface area (Å²) in [6.45, 7) is -0.769. The number of amidine groups is 1. The molecule has 172 valence electrons. The summed E-state index contributed by atoms with van der Waals surface area (Å²) in [4.78, 5) is 24.1. The molecule has 1 aliphatic heterocycles. The summed E-state index contributed by atoms with van der Waals surface area (Å²) in [7, 11) is 0. The Morgan fingerprint density at radius 1 is 1.32 bits per heavy atom. The number of aliphatic imine (C=N–C) groups is 1. The topological polar surface area (TPSA) is 114 Å². The van der Waals surface area contributed by atoms with Crippen LogP contribution in [-0.4, -0.2) is 48.6 Å². The normalized spacial score (nSPS) is 24.0. The van der Waals surface area contributed by atoms with Crippen molar-refractivity contribution in [1.82, 2.24) is 0 Å². The van der Waals surface area contributed by atoms with Gasteiger partial charge < -0.3 is 20.9 Å². The van der Waals surface area contributed by atoms with Crippen LogP contribution in [0.15, 0.2) is 23.2 Å². The molecule has 3 rings (SSSR count). The van der Waals surface area contributed by atoms with Crippen LogP contribution >= 0.6 is 0 Å². The van der Waals surface area contributed by atoms with Gasteiger partial charge in [-0.3, -0.25) is 14.6 Å². The number of carboxylic acid groups (broad SMARTS) is 1. The number of carbonyl (C=O) groups is 2. The fourth-order valence-electron chi connectivity index (χ4n) is 3.07. The Hall–Kier alpha value is -2.83. The number of hydrogen-bond donors (Lipinski definition) is 3. The lowest BCUT2D eigenvalue weighted by Crippen LogP contribution is -2.45. The van der Waals surface area contributed by atoms with Gasteiger partial charge in [0.05, 0.1) is 0 Å². The highest BCUT2D eigenvalue weighted by molar-refractivity contribution is 5.98. The number of nitrogens with zero attached hydrogens (tertiary/aromatic N) is 1. The maximum Gasteiger partial charge on any atom is 0.403 e. The molecule has 0 aromatic heterocycles. The standard InChI is InChI=1S/C17H17F6N3O2.CH2O2/c1-14(16(19,20)8-28-7-12(24)26-14)10-6-9(2-3-11(10)18)25-13(27)15(4-5-15)17(21,22)23;2-1-3/h2-3,6H,4-5,7-8H2,1H3,(H2,24,26)(H,25,27);1H,(H,2,3). The Morgan fingerprint density at radius 3 is 2.42 bits per heavy atom. The molecule has 4 N–H and O–H groups in total. The minimum absolute atomic E-state index is 0.250. The van der Waals surface area contributed by atoms with Crippen molar-refractivity contribution in [3.05, 3.63) is 29.6 Å². The first-order valence-corrected chi connectivity index (χ1v) is 8.80. The molecule has 1 aromatic rings. The van der Waals surface area contributed by atoms with E-state index in [1.54, 1.807) is 0 Å². The highest BCUT2D eigenvalue weighted by Gasteiger charge is 2.68. The van der Waals surface area contributed by atoms with Gasteiger partial charge in [0.2, 0.25) is 5.91 Å². The van der Waals surface area contributed by atoms with Crippen LogP contribution < -0.4 is 11.1 Å². The van der Waals surface area contributed by atoms with E-state index in [1.807, 2.05) is 5.32 Å². The van der Waals surface area contributed by atoms with E-state index < -0.39 is 46.9 Å². The first-order valence-electron chi connectivity index (χ1n) is 8.80. The highest BCUT2D eigenvalue weighted by atomic mass is 19.4. The molecule has 1 amide bonds. The van der Waals surface area contributed by atoms with Gasteiger partial charge in [-0.05, 0) is 38.0 Å². The third-order valence-corrected chi connectivity index (χ3v) is 5.09. The lowest BCUT2D eigenvalue weighted by atomic mass is 9.85. The van der Waals surface area contributed by atoms with Gasteiger partial charge in [0.15, 0.2) is 5.54 Å². The molecule has 1 atom stereocenters. The van der Waals surface area contributed by atoms with Crippen molar-refractivity contribution in [2.45, 2.75) is 37.4 Å². The SMILES string of the molecule is CC1(c2cc(NC(=O)C3(C(F)(F)F)CC3)ccc2F)N=C(N)COCC1(F)F.O=CO. The fourth-order valence-corrected chi connectivity index (χ4v) is 3.07. The molecule has 13 heteroatoms. The maximum atomic E-state index is 14.6. The number of hydrogen-bond acceptors (Lipinski definition) is 5. The molecular formula is C18H19F6N3O4. The molecule has 1 saturated carbocycles. The molecule has 0 spiro atoms. The number of carbonyl (C=O) groups excluding carboxylic acids is 1. The average molecular weight is 455 g/mol. The van der Waals surface area contributed by atoms with Crippen LogP contribution in [0, 0.1) is 11.2 Å². The van der Waals surface area contributed by atoms with Gasteiger partial charge in [-0.25, -0.2) is 13.2 Å². The van der Waals surface area contributed by atoms with E-state index in [0.29, 0.717) is 0 Å². The summed E-state index contributed by atoms with van der Waals surface area (Å²) >= 11 is 0. The lowest BCUT2D eigenvalue weighted by molar-refractivity contribution is -0.189. The molecule has 0 bridgehead atoms. The lowest BCUT2D eigenvalue weighted by Gasteiger charge is -2.33. The number of ether oxygens (including phenoxy) is 1. The summed E-state index contributed by atoms with van der Waals surface area (Å²) in [5.41, 5.74) is -0.334. The van der Waals surface area contributed by atoms with Crippen molar-refractivity contribution >= 4 is 23.9 Å². The molecule has 1 unspecified atom stereocenters. The number of nitrogens with two attached hydrogens (primary N) is 1. The minimum atomic E-state index is -4.74. The number of amides is 1. The minimum Gasteiger partial charge on any atom is -0.483 e. The summed E-state index contributed by atoms with van der Waals surface area (Å²) in [5.74, 6) is -6.35. The summed E-state index contributed by atoms with van der Waals surface area (Å²) in [6.07, 6.45) is -5.48. The molecule has 1 aromatic carbocycles. The van der Waals surface area contributed by atoms with Crippen molar-refractivity contribution in [3.63, 3.8) is 0 Å². The summed E-state index contributed by atoms with van der Waals surface area (Å²) < 4.78 is 87.6. The van der Waals surface area contributed by atoms with Crippen molar-refractivity contribution in [3.8, 4) is 0 Å². The molecule has 1 heterocycles. The van der Waals surface area contributed by atoms with E-state index in [-0.39, 0.29) is 37.4 Å². The number of nitrogens with one attached hydrogen (secondary N) is 1. The predicted octanol–water partition coefficient (Wildman–Crippen LogP) is 3.05. The molecule has 7 nitrogen and oxygen atoms in total. The maximum absolute atomic E-state index is 14.6. The molecular weight excluding hydrogens is 436 g/mol. The van der Waals surface area contributed by atoms with Crippen LogP contribution in [0.25, 0.3) is 0 Å². The first-order chi connectivity index (χ1) is 14.2. The third kappa shape index (κ3) is 4.60. The van der Waals surface area contributed by atoms with E-state index in [9.17, 15) is 31.1 Å². The zero-order valence-electron chi connectivity index (χ0n) is 16.1. The van der Waals surface area contributed by atoms with Crippen LogP contribution in [0.2, 0.25) is 0 Å². The Morgan fingerprint density at radius 2 is 1.90 bits per heavy atom. The van der Waals surface area contributed by atoms with E-state index in [2.05, 4.69) is 4.99 Å². The van der Waals surface area contributed by atoms with Gasteiger partial charge >= 0.3 is 6.18 Å². The summed E-state index contributed by atoms with van der Waals surface area (Å²) in [6, 6.07) is 2.61. The van der Waals surface area contributed by atoms with Gasteiger partial charge in [0.1, 0.15) is 30.3 Å². The van der Waals surface area contributed by atoms with Crippen LogP contribution in [0.4, 0.5) is 32.0 Å². The Balaban J connectivity index is 0.00000107. The fraction of sp³-hybridized carbons (Fsp3) is 0.500. The number of rotatable bonds is 3. The van der Waals surface area contributed by atoms with Crippen LogP contribution in [-0.2, 0) is 19.9 Å². The number of alkyl halides is 5. The van der Waals surface area contributed by atoms with Gasteiger partial charge in [-0.2, -0.15) is 13.2 Å². The van der Waals surface area contributed by atoms with Gasteiger partial charge in [0, 0.05) is 11.3 Å². The molecule has 1 fully saturated rings. The van der Waals surface area contributed by atoms with Gasteiger partial charge in [-0.15, -0.1) is 0 Å². The zero-order chi connectivity index (χ0) is 23.7. The van der Waals surface area contributed by atoms with Crippen molar-refractivity contribution < 1.29 is 45.8 Å². The summed E-state index contributed by atoms with van der Waals surface area (Å²) in [5, 5.41) is 8.94. The average Bonchev–Trinajstić information content (AvgIpc) is 3.45. The molecule has 0 saturated heterocycles. The predicted molar refractivity (Wildman–Crippen MR) is 96.2 cm³/mol. The first kappa shape index (κ1) is 24.4. The Labute approximate surface area is 172 Å². The highest BCUT2D eigenvalue weighted by Crippen LogP contribution is 2.58. The zero-order valence-corrected chi connectivity index (χ0v) is 16.1. The van der Waals surface area contributed by atoms with E-state index >= 15 is 0 Å². The Bertz CT molecular complexity index is 886. The van der Waals surface area contributed by atoms with Gasteiger partial charge in [-0.1, -0.05) is 0 Å². The third-order valence-electron chi connectivity index (χ3n) is 5.09. The number of benzene rings is 1. The Kier molecular flexibility index (Phi) is 6.59. The molecule has 0 radical (unpaired) electrons. The number of halogens is 6. The van der Waals surface area contributed by atoms with Crippen molar-refractivity contribution in [2.24, 2.45) is 16.1 Å². The quantitative estimate of drug-likeness (QED) is 0.479. The van der Waals surface area contributed by atoms with Crippen LogP contribution in [0.3, 0.4) is 0 Å². The van der Waals surface area contributed by atoms with Crippen molar-refractivity contribution in [2.75, 3.05) is 18.5 Å². The van der Waals surface area contributed by atoms with Crippen LogP contribution in [0.5, 0.6) is 0 Å². The molecule has 2 aliphatic rings. The van der Waals surface area contributed by atoms with Crippen LogP contribution in [0.1, 0.15) is 25.3 Å². The second kappa shape index (κ2) is 8.36. The van der Waals surface area contributed by atoms with Gasteiger partial charge in [0.25, 0.3) is 12.4 Å². The molecule has 1 aliphatic carbocycles.